The number of nitrogens with zero attached hydrogens (tertiary/aromatic N) is 1. The predicted octanol–water partition coefficient (Wildman–Crippen LogP) is 4.90. The van der Waals surface area contributed by atoms with Crippen LogP contribution in [0, 0.1) is 0 Å². The lowest BCUT2D eigenvalue weighted by molar-refractivity contribution is 0.185. The summed E-state index contributed by atoms with van der Waals surface area (Å²) in [7, 11) is 5.00. The maximum Gasteiger partial charge on any atom is 0.169 e. The van der Waals surface area contributed by atoms with E-state index in [4.69, 9.17) is 31.2 Å². The Hall–Kier alpha value is -2.67. The fourth-order valence-electron chi connectivity index (χ4n) is 4.80. The first-order valence-corrected chi connectivity index (χ1v) is 12.1. The van der Waals surface area contributed by atoms with Gasteiger partial charge in [0.25, 0.3) is 0 Å². The van der Waals surface area contributed by atoms with Gasteiger partial charge in [-0.1, -0.05) is 19.3 Å². The van der Waals surface area contributed by atoms with E-state index < -0.39 is 0 Å². The van der Waals surface area contributed by atoms with Gasteiger partial charge in [0.15, 0.2) is 16.6 Å². The SMILES string of the molecule is COc1ccc(OC[C@H]2c3cc(OC)c(OC)cc3CCN2C(=S)NC2CCCCC2)cc1. The highest BCUT2D eigenvalue weighted by Crippen LogP contribution is 2.38. The fourth-order valence-corrected chi connectivity index (χ4v) is 5.19. The molecule has 2 aliphatic rings. The number of fused-ring (bicyclic) bond motifs is 1. The van der Waals surface area contributed by atoms with E-state index in [1.165, 1.54) is 43.2 Å². The third-order valence-electron chi connectivity index (χ3n) is 6.66. The zero-order valence-electron chi connectivity index (χ0n) is 19.8. The maximum absolute atomic E-state index is 6.25. The maximum atomic E-state index is 6.25. The van der Waals surface area contributed by atoms with Crippen LogP contribution in [0.4, 0.5) is 0 Å². The lowest BCUT2D eigenvalue weighted by Gasteiger charge is -2.40. The second kappa shape index (κ2) is 11.0. The van der Waals surface area contributed by atoms with Crippen LogP contribution in [0.3, 0.4) is 0 Å². The summed E-state index contributed by atoms with van der Waals surface area (Å²) in [5.41, 5.74) is 2.41. The molecular formula is C26H34N2O4S. The molecule has 4 rings (SSSR count). The van der Waals surface area contributed by atoms with Gasteiger partial charge in [-0.05, 0) is 79.0 Å². The quantitative estimate of drug-likeness (QED) is 0.578. The van der Waals surface area contributed by atoms with Gasteiger partial charge in [-0.2, -0.15) is 0 Å². The van der Waals surface area contributed by atoms with Crippen LogP contribution in [0.2, 0.25) is 0 Å². The Labute approximate surface area is 202 Å². The Kier molecular flexibility index (Phi) is 7.81. The molecule has 0 bridgehead atoms. The van der Waals surface area contributed by atoms with Gasteiger partial charge in [0.1, 0.15) is 18.1 Å². The molecule has 7 heteroatoms. The van der Waals surface area contributed by atoms with Crippen molar-refractivity contribution in [2.75, 3.05) is 34.5 Å². The van der Waals surface area contributed by atoms with E-state index in [1.54, 1.807) is 21.3 Å². The van der Waals surface area contributed by atoms with Gasteiger partial charge in [-0.15, -0.1) is 0 Å². The highest BCUT2D eigenvalue weighted by Gasteiger charge is 2.32. The van der Waals surface area contributed by atoms with Crippen molar-refractivity contribution in [1.82, 2.24) is 10.2 Å². The van der Waals surface area contributed by atoms with Crippen molar-refractivity contribution < 1.29 is 18.9 Å². The van der Waals surface area contributed by atoms with Gasteiger partial charge >= 0.3 is 0 Å². The third-order valence-corrected chi connectivity index (χ3v) is 7.02. The van der Waals surface area contributed by atoms with Crippen LogP contribution in [-0.2, 0) is 6.42 Å². The van der Waals surface area contributed by atoms with Crippen LogP contribution in [-0.4, -0.2) is 50.5 Å². The van der Waals surface area contributed by atoms with Crippen molar-refractivity contribution in [2.45, 2.75) is 50.6 Å². The van der Waals surface area contributed by atoms with E-state index in [1.807, 2.05) is 24.3 Å². The summed E-state index contributed by atoms with van der Waals surface area (Å²) >= 11 is 5.92. The van der Waals surface area contributed by atoms with E-state index in [2.05, 4.69) is 22.3 Å². The molecule has 178 valence electrons. The summed E-state index contributed by atoms with van der Waals surface area (Å²) in [6.07, 6.45) is 7.11. The number of methoxy groups -OCH3 is 3. The van der Waals surface area contributed by atoms with Gasteiger partial charge in [0.05, 0.1) is 27.4 Å². The van der Waals surface area contributed by atoms with Crippen LogP contribution in [0.25, 0.3) is 0 Å². The van der Waals surface area contributed by atoms with E-state index in [9.17, 15) is 0 Å². The number of hydrogen-bond donors (Lipinski definition) is 1. The minimum Gasteiger partial charge on any atom is -0.497 e. The molecule has 33 heavy (non-hydrogen) atoms. The van der Waals surface area contributed by atoms with Crippen LogP contribution in [0.5, 0.6) is 23.0 Å². The van der Waals surface area contributed by atoms with Crippen LogP contribution >= 0.6 is 12.2 Å². The minimum atomic E-state index is -0.0285. The summed E-state index contributed by atoms with van der Waals surface area (Å²) in [6, 6.07) is 12.3. The van der Waals surface area contributed by atoms with Crippen molar-refractivity contribution in [2.24, 2.45) is 0 Å². The molecule has 0 saturated heterocycles. The van der Waals surface area contributed by atoms with E-state index in [0.717, 1.165) is 41.1 Å². The lowest BCUT2D eigenvalue weighted by atomic mass is 9.92. The van der Waals surface area contributed by atoms with Crippen molar-refractivity contribution in [3.8, 4) is 23.0 Å². The molecule has 1 N–H and O–H groups in total. The number of ether oxygens (including phenoxy) is 4. The molecule has 1 atom stereocenters. The van der Waals surface area contributed by atoms with Gasteiger partial charge in [-0.25, -0.2) is 0 Å². The Morgan fingerprint density at radius 2 is 1.61 bits per heavy atom. The number of hydrogen-bond acceptors (Lipinski definition) is 5. The predicted molar refractivity (Wildman–Crippen MR) is 134 cm³/mol. The standard InChI is InChI=1S/C26H34N2O4S/c1-29-20-9-11-21(12-10-20)32-17-23-22-16-25(31-3)24(30-2)15-18(22)13-14-28(23)26(33)27-19-7-5-4-6-8-19/h9-12,15-16,19,23H,4-8,13-14,17H2,1-3H3,(H,27,33)/t23-/m0/s1. The molecule has 1 saturated carbocycles. The highest BCUT2D eigenvalue weighted by molar-refractivity contribution is 7.80. The average molecular weight is 471 g/mol. The molecule has 1 aliphatic carbocycles. The molecule has 2 aromatic rings. The van der Waals surface area contributed by atoms with E-state index in [0.29, 0.717) is 12.6 Å². The smallest absolute Gasteiger partial charge is 0.169 e. The molecule has 0 amide bonds. The first-order chi connectivity index (χ1) is 16.1. The summed E-state index contributed by atoms with van der Waals surface area (Å²) in [4.78, 5) is 2.28. The molecule has 1 fully saturated rings. The summed E-state index contributed by atoms with van der Waals surface area (Å²) in [5, 5.41) is 4.45. The van der Waals surface area contributed by atoms with Crippen LogP contribution < -0.4 is 24.3 Å². The first-order valence-electron chi connectivity index (χ1n) is 11.7. The normalized spacial score (nSPS) is 18.3. The molecule has 0 aromatic heterocycles. The summed E-state index contributed by atoms with van der Waals surface area (Å²) < 4.78 is 22.7. The topological polar surface area (TPSA) is 52.2 Å². The molecule has 1 heterocycles. The van der Waals surface area contributed by atoms with Crippen LogP contribution in [0.1, 0.15) is 49.3 Å². The van der Waals surface area contributed by atoms with Crippen molar-refractivity contribution in [1.29, 1.82) is 0 Å². The van der Waals surface area contributed by atoms with Gasteiger partial charge in [0.2, 0.25) is 0 Å². The first kappa shape index (κ1) is 23.5. The molecule has 0 spiro atoms. The Morgan fingerprint density at radius 1 is 0.939 bits per heavy atom. The second-order valence-corrected chi connectivity index (χ2v) is 9.02. The van der Waals surface area contributed by atoms with Gasteiger partial charge < -0.3 is 29.2 Å². The zero-order chi connectivity index (χ0) is 23.2. The molecule has 6 nitrogen and oxygen atoms in total. The number of nitrogens with one attached hydrogen (secondary N) is 1. The fraction of sp³-hybridized carbons (Fsp3) is 0.500. The molecule has 1 aliphatic heterocycles. The molecule has 0 unspecified atom stereocenters. The van der Waals surface area contributed by atoms with Crippen LogP contribution in [0.15, 0.2) is 36.4 Å². The van der Waals surface area contributed by atoms with Crippen molar-refractivity contribution in [3.63, 3.8) is 0 Å². The number of benzene rings is 2. The highest BCUT2D eigenvalue weighted by atomic mass is 32.1. The largest absolute Gasteiger partial charge is 0.497 e. The monoisotopic (exact) mass is 470 g/mol. The Bertz CT molecular complexity index is 944. The average Bonchev–Trinajstić information content (AvgIpc) is 2.87. The second-order valence-electron chi connectivity index (χ2n) is 8.64. The third kappa shape index (κ3) is 5.46. The number of rotatable bonds is 7. The van der Waals surface area contributed by atoms with Crippen molar-refractivity contribution in [3.05, 3.63) is 47.5 Å². The van der Waals surface area contributed by atoms with Crippen molar-refractivity contribution >= 4 is 17.3 Å². The number of thiocarbonyl (C=S) groups is 1. The van der Waals surface area contributed by atoms with E-state index >= 15 is 0 Å². The lowest BCUT2D eigenvalue weighted by Crippen LogP contribution is -2.50. The van der Waals surface area contributed by atoms with Gasteiger partial charge in [-0.3, -0.25) is 0 Å². The minimum absolute atomic E-state index is 0.0285. The summed E-state index contributed by atoms with van der Waals surface area (Å²) in [6.45, 7) is 1.30. The molecule has 0 radical (unpaired) electrons. The van der Waals surface area contributed by atoms with E-state index in [-0.39, 0.29) is 6.04 Å². The Morgan fingerprint density at radius 3 is 2.27 bits per heavy atom. The molecule has 2 aromatic carbocycles. The van der Waals surface area contributed by atoms with Gasteiger partial charge in [0, 0.05) is 12.6 Å². The zero-order valence-corrected chi connectivity index (χ0v) is 20.6. The Balaban J connectivity index is 1.58. The molecular weight excluding hydrogens is 436 g/mol. The summed E-state index contributed by atoms with van der Waals surface area (Å²) in [5.74, 6) is 3.08.